The largest absolute Gasteiger partial charge is 0.493 e. The summed E-state index contributed by atoms with van der Waals surface area (Å²) in [5.41, 5.74) is 1.61. The Labute approximate surface area is 163 Å². The fraction of sp³-hybridized carbons (Fsp3) is 0.333. The second-order valence-corrected chi connectivity index (χ2v) is 6.76. The molecule has 0 N–H and O–H groups in total. The molecule has 7 heteroatoms. The molecule has 1 atom stereocenters. The van der Waals surface area contributed by atoms with Crippen LogP contribution in [0, 0.1) is 0 Å². The van der Waals surface area contributed by atoms with Crippen LogP contribution >= 0.6 is 0 Å². The number of benzene rings is 2. The molecule has 1 aromatic heterocycles. The molecule has 2 aromatic carbocycles. The van der Waals surface area contributed by atoms with Crippen molar-refractivity contribution in [2.45, 2.75) is 12.5 Å². The summed E-state index contributed by atoms with van der Waals surface area (Å²) in [6, 6.07) is 11.7. The highest BCUT2D eigenvalue weighted by Gasteiger charge is 2.30. The van der Waals surface area contributed by atoms with Gasteiger partial charge in [0.15, 0.2) is 11.5 Å². The van der Waals surface area contributed by atoms with Gasteiger partial charge >= 0.3 is 0 Å². The van der Waals surface area contributed by atoms with E-state index in [1.807, 2.05) is 34.0 Å². The fourth-order valence-corrected chi connectivity index (χ4v) is 3.80. The van der Waals surface area contributed by atoms with Crippen molar-refractivity contribution in [3.05, 3.63) is 48.2 Å². The predicted octanol–water partition coefficient (Wildman–Crippen LogP) is 3.15. The van der Waals surface area contributed by atoms with Crippen LogP contribution in [-0.4, -0.2) is 55.0 Å². The quantitative estimate of drug-likeness (QED) is 0.679. The Morgan fingerprint density at radius 2 is 1.79 bits per heavy atom. The van der Waals surface area contributed by atoms with E-state index >= 15 is 0 Å². The van der Waals surface area contributed by atoms with Gasteiger partial charge in [-0.25, -0.2) is 0 Å². The monoisotopic (exact) mass is 381 g/mol. The van der Waals surface area contributed by atoms with Crippen LogP contribution in [0.5, 0.6) is 17.2 Å². The molecule has 0 radical (unpaired) electrons. The molecule has 1 amide bonds. The van der Waals surface area contributed by atoms with Gasteiger partial charge in [0.1, 0.15) is 0 Å². The van der Waals surface area contributed by atoms with Crippen LogP contribution in [0.15, 0.2) is 42.6 Å². The highest BCUT2D eigenvalue weighted by atomic mass is 16.5. The Kier molecular flexibility index (Phi) is 4.81. The Balaban J connectivity index is 1.58. The number of para-hydroxylation sites is 1. The first kappa shape index (κ1) is 18.2. The third-order valence-electron chi connectivity index (χ3n) is 5.21. The van der Waals surface area contributed by atoms with Crippen LogP contribution in [0.3, 0.4) is 0 Å². The van der Waals surface area contributed by atoms with Gasteiger partial charge in [0.2, 0.25) is 5.75 Å². The number of amides is 1. The second kappa shape index (κ2) is 7.42. The molecular weight excluding hydrogens is 358 g/mol. The van der Waals surface area contributed by atoms with Gasteiger partial charge in [0.25, 0.3) is 5.91 Å². The van der Waals surface area contributed by atoms with Crippen molar-refractivity contribution in [3.8, 4) is 17.2 Å². The smallest absolute Gasteiger partial charge is 0.254 e. The number of hydrogen-bond acceptors (Lipinski definition) is 5. The summed E-state index contributed by atoms with van der Waals surface area (Å²) in [5, 5.41) is 5.65. The van der Waals surface area contributed by atoms with Crippen molar-refractivity contribution in [2.24, 2.45) is 0 Å². The average Bonchev–Trinajstić information content (AvgIpc) is 3.38. The first-order valence-corrected chi connectivity index (χ1v) is 9.17. The maximum Gasteiger partial charge on any atom is 0.254 e. The topological polar surface area (TPSA) is 65.8 Å². The number of fused-ring (bicyclic) bond motifs is 1. The minimum Gasteiger partial charge on any atom is -0.493 e. The first-order valence-electron chi connectivity index (χ1n) is 9.17. The molecule has 0 bridgehead atoms. The molecule has 0 aliphatic carbocycles. The standard InChI is InChI=1S/C21H23N3O4/c1-26-18-10-15(11-19(27-2)20(18)28-3)21(25)23-9-8-16(13-23)24-17-7-5-4-6-14(17)12-22-24/h4-7,10-12,16H,8-9,13H2,1-3H3/t16-/m0/s1. The molecule has 146 valence electrons. The molecule has 7 nitrogen and oxygen atoms in total. The molecule has 1 saturated heterocycles. The molecule has 4 rings (SSSR count). The summed E-state index contributed by atoms with van der Waals surface area (Å²) >= 11 is 0. The van der Waals surface area contributed by atoms with Gasteiger partial charge in [-0.15, -0.1) is 0 Å². The third kappa shape index (κ3) is 3.02. The normalized spacial score (nSPS) is 16.4. The summed E-state index contributed by atoms with van der Waals surface area (Å²) in [6.07, 6.45) is 2.74. The lowest BCUT2D eigenvalue weighted by Gasteiger charge is -2.19. The van der Waals surface area contributed by atoms with Gasteiger partial charge in [-0.2, -0.15) is 5.10 Å². The summed E-state index contributed by atoms with van der Waals surface area (Å²) in [6.45, 7) is 1.29. The Hall–Kier alpha value is -3.22. The number of hydrogen-bond donors (Lipinski definition) is 0. The highest BCUT2D eigenvalue weighted by Crippen LogP contribution is 2.39. The van der Waals surface area contributed by atoms with Crippen LogP contribution in [0.4, 0.5) is 0 Å². The van der Waals surface area contributed by atoms with Gasteiger partial charge in [0.05, 0.1) is 39.1 Å². The highest BCUT2D eigenvalue weighted by molar-refractivity contribution is 5.96. The molecule has 1 aliphatic heterocycles. The van der Waals surface area contributed by atoms with E-state index in [9.17, 15) is 4.79 Å². The summed E-state index contributed by atoms with van der Waals surface area (Å²) < 4.78 is 18.1. The van der Waals surface area contributed by atoms with Crippen molar-refractivity contribution in [3.63, 3.8) is 0 Å². The molecule has 0 unspecified atom stereocenters. The van der Waals surface area contributed by atoms with Gasteiger partial charge in [0, 0.05) is 24.0 Å². The summed E-state index contributed by atoms with van der Waals surface area (Å²) in [7, 11) is 4.63. The summed E-state index contributed by atoms with van der Waals surface area (Å²) in [5.74, 6) is 1.36. The molecule has 0 saturated carbocycles. The van der Waals surface area contributed by atoms with Crippen molar-refractivity contribution in [1.82, 2.24) is 14.7 Å². The van der Waals surface area contributed by atoms with Crippen LogP contribution in [0.25, 0.3) is 10.9 Å². The van der Waals surface area contributed by atoms with E-state index in [-0.39, 0.29) is 11.9 Å². The van der Waals surface area contributed by atoms with Gasteiger partial charge in [-0.05, 0) is 24.6 Å². The van der Waals surface area contributed by atoms with E-state index < -0.39 is 0 Å². The zero-order chi connectivity index (χ0) is 19.7. The number of carbonyl (C=O) groups is 1. The predicted molar refractivity (Wildman–Crippen MR) is 105 cm³/mol. The van der Waals surface area contributed by atoms with Crippen LogP contribution in [0.1, 0.15) is 22.8 Å². The zero-order valence-corrected chi connectivity index (χ0v) is 16.2. The van der Waals surface area contributed by atoms with Crippen molar-refractivity contribution >= 4 is 16.8 Å². The van der Waals surface area contributed by atoms with E-state index in [4.69, 9.17) is 14.2 Å². The Bertz CT molecular complexity index is 989. The number of ether oxygens (including phenoxy) is 3. The molecular formula is C21H23N3O4. The van der Waals surface area contributed by atoms with Crippen molar-refractivity contribution in [1.29, 1.82) is 0 Å². The molecule has 3 aromatic rings. The van der Waals surface area contributed by atoms with Crippen molar-refractivity contribution in [2.75, 3.05) is 34.4 Å². The van der Waals surface area contributed by atoms with Crippen LogP contribution in [0.2, 0.25) is 0 Å². The van der Waals surface area contributed by atoms with Gasteiger partial charge < -0.3 is 19.1 Å². The number of methoxy groups -OCH3 is 3. The van der Waals surface area contributed by atoms with E-state index in [0.717, 1.165) is 17.3 Å². The number of aromatic nitrogens is 2. The minimum atomic E-state index is -0.0572. The zero-order valence-electron chi connectivity index (χ0n) is 16.2. The second-order valence-electron chi connectivity index (χ2n) is 6.76. The van der Waals surface area contributed by atoms with E-state index in [2.05, 4.69) is 11.2 Å². The lowest BCUT2D eigenvalue weighted by atomic mass is 10.1. The molecule has 1 fully saturated rings. The Morgan fingerprint density at radius 1 is 1.07 bits per heavy atom. The maximum absolute atomic E-state index is 13.1. The Morgan fingerprint density at radius 3 is 2.46 bits per heavy atom. The number of nitrogens with zero attached hydrogens (tertiary/aromatic N) is 3. The SMILES string of the molecule is COc1cc(C(=O)N2CC[C@H](n3ncc4ccccc43)C2)cc(OC)c1OC. The molecule has 0 spiro atoms. The number of rotatable bonds is 5. The van der Waals surface area contributed by atoms with E-state index in [1.165, 1.54) is 0 Å². The number of likely N-dealkylation sites (tertiary alicyclic amines) is 1. The fourth-order valence-electron chi connectivity index (χ4n) is 3.80. The first-order chi connectivity index (χ1) is 13.7. The van der Waals surface area contributed by atoms with E-state index in [1.54, 1.807) is 33.5 Å². The van der Waals surface area contributed by atoms with Gasteiger partial charge in [-0.3, -0.25) is 9.48 Å². The molecule has 2 heterocycles. The van der Waals surface area contributed by atoms with Gasteiger partial charge in [-0.1, -0.05) is 18.2 Å². The third-order valence-corrected chi connectivity index (χ3v) is 5.21. The van der Waals surface area contributed by atoms with E-state index in [0.29, 0.717) is 35.9 Å². The average molecular weight is 381 g/mol. The minimum absolute atomic E-state index is 0.0572. The lowest BCUT2D eigenvalue weighted by Crippen LogP contribution is -2.29. The summed E-state index contributed by atoms with van der Waals surface area (Å²) in [4.78, 5) is 15.0. The molecule has 28 heavy (non-hydrogen) atoms. The molecule has 1 aliphatic rings. The number of carbonyl (C=O) groups excluding carboxylic acids is 1. The van der Waals surface area contributed by atoms with Crippen LogP contribution < -0.4 is 14.2 Å². The maximum atomic E-state index is 13.1. The lowest BCUT2D eigenvalue weighted by molar-refractivity contribution is 0.0786. The van der Waals surface area contributed by atoms with Crippen molar-refractivity contribution < 1.29 is 19.0 Å². The van der Waals surface area contributed by atoms with Crippen LogP contribution in [-0.2, 0) is 0 Å².